The molecule has 10 heteroatoms. The molecule has 0 radical (unpaired) electrons. The third-order valence-corrected chi connectivity index (χ3v) is 4.72. The summed E-state index contributed by atoms with van der Waals surface area (Å²) in [5.41, 5.74) is 0.142. The standard InChI is InChI=1S/C19H21F4NO5/c20-18(21)28-14-3-1-12(15(11-14)29-19(22)23)2-4-16(25)24-7-5-13(6-8-24)17-26-9-10-27-17/h1-4,11,13,17-19H,5-10H2/b4-2+. The molecule has 6 nitrogen and oxygen atoms in total. The highest BCUT2D eigenvalue weighted by atomic mass is 19.3. The Morgan fingerprint density at radius 2 is 1.72 bits per heavy atom. The maximum absolute atomic E-state index is 12.6. The second-order valence-corrected chi connectivity index (χ2v) is 6.56. The molecule has 29 heavy (non-hydrogen) atoms. The lowest BCUT2D eigenvalue weighted by atomic mass is 9.96. The second-order valence-electron chi connectivity index (χ2n) is 6.56. The summed E-state index contributed by atoms with van der Waals surface area (Å²) in [6.07, 6.45) is 3.81. The number of alkyl halides is 4. The van der Waals surface area contributed by atoms with Crippen LogP contribution >= 0.6 is 0 Å². The van der Waals surface area contributed by atoms with Gasteiger partial charge in [-0.2, -0.15) is 17.6 Å². The molecule has 1 aromatic carbocycles. The zero-order valence-electron chi connectivity index (χ0n) is 15.4. The lowest BCUT2D eigenvalue weighted by Crippen LogP contribution is -2.40. The number of benzene rings is 1. The lowest BCUT2D eigenvalue weighted by Gasteiger charge is -2.33. The SMILES string of the molecule is O=C(/C=C/c1ccc(OC(F)F)cc1OC(F)F)N1CCC(C2OCCO2)CC1. The summed E-state index contributed by atoms with van der Waals surface area (Å²) < 4.78 is 69.4. The first-order valence-electron chi connectivity index (χ1n) is 9.16. The number of halogens is 4. The summed E-state index contributed by atoms with van der Waals surface area (Å²) >= 11 is 0. The van der Waals surface area contributed by atoms with Crippen molar-refractivity contribution in [3.63, 3.8) is 0 Å². The van der Waals surface area contributed by atoms with E-state index in [1.54, 1.807) is 4.90 Å². The molecule has 2 heterocycles. The minimum Gasteiger partial charge on any atom is -0.435 e. The first kappa shape index (κ1) is 21.4. The Labute approximate surface area is 165 Å². The largest absolute Gasteiger partial charge is 0.435 e. The van der Waals surface area contributed by atoms with Crippen LogP contribution in [0.25, 0.3) is 6.08 Å². The van der Waals surface area contributed by atoms with E-state index in [0.29, 0.717) is 26.3 Å². The second kappa shape index (κ2) is 9.93. The molecule has 0 saturated carbocycles. The first-order chi connectivity index (χ1) is 13.9. The number of hydrogen-bond acceptors (Lipinski definition) is 5. The molecule has 2 aliphatic rings. The number of ether oxygens (including phenoxy) is 4. The molecule has 2 fully saturated rings. The van der Waals surface area contributed by atoms with Crippen molar-refractivity contribution in [2.24, 2.45) is 5.92 Å². The van der Waals surface area contributed by atoms with Gasteiger partial charge in [-0.1, -0.05) is 0 Å². The number of carbonyl (C=O) groups excluding carboxylic acids is 1. The number of piperidine rings is 1. The van der Waals surface area contributed by atoms with Crippen LogP contribution in [0.2, 0.25) is 0 Å². The summed E-state index contributed by atoms with van der Waals surface area (Å²) in [5, 5.41) is 0. The van der Waals surface area contributed by atoms with E-state index >= 15 is 0 Å². The first-order valence-corrected chi connectivity index (χ1v) is 9.16. The number of rotatable bonds is 7. The van der Waals surface area contributed by atoms with E-state index in [4.69, 9.17) is 9.47 Å². The summed E-state index contributed by atoms with van der Waals surface area (Å²) in [6.45, 7) is -4.04. The van der Waals surface area contributed by atoms with E-state index in [0.717, 1.165) is 18.9 Å². The van der Waals surface area contributed by atoms with Gasteiger partial charge in [-0.15, -0.1) is 0 Å². The lowest BCUT2D eigenvalue weighted by molar-refractivity contribution is -0.131. The van der Waals surface area contributed by atoms with Gasteiger partial charge in [-0.05, 0) is 31.1 Å². The fourth-order valence-electron chi connectivity index (χ4n) is 3.33. The molecule has 160 valence electrons. The van der Waals surface area contributed by atoms with Gasteiger partial charge in [0.15, 0.2) is 6.29 Å². The van der Waals surface area contributed by atoms with Gasteiger partial charge < -0.3 is 23.8 Å². The number of hydrogen-bond donors (Lipinski definition) is 0. The predicted octanol–water partition coefficient (Wildman–Crippen LogP) is 3.51. The molecule has 2 aliphatic heterocycles. The quantitative estimate of drug-likeness (QED) is 0.500. The van der Waals surface area contributed by atoms with Crippen molar-refractivity contribution in [1.29, 1.82) is 0 Å². The molecule has 0 aromatic heterocycles. The van der Waals surface area contributed by atoms with Gasteiger partial charge in [0.05, 0.1) is 13.2 Å². The average molecular weight is 419 g/mol. The Morgan fingerprint density at radius 1 is 1.07 bits per heavy atom. The maximum Gasteiger partial charge on any atom is 0.387 e. The Morgan fingerprint density at radius 3 is 2.34 bits per heavy atom. The van der Waals surface area contributed by atoms with Crippen LogP contribution < -0.4 is 9.47 Å². The number of likely N-dealkylation sites (tertiary alicyclic amines) is 1. The van der Waals surface area contributed by atoms with Gasteiger partial charge in [0, 0.05) is 36.7 Å². The van der Waals surface area contributed by atoms with Crippen LogP contribution in [-0.4, -0.2) is 56.6 Å². The van der Waals surface area contributed by atoms with Gasteiger partial charge in [0.2, 0.25) is 5.91 Å². The van der Waals surface area contributed by atoms with Crippen molar-refractivity contribution >= 4 is 12.0 Å². The summed E-state index contributed by atoms with van der Waals surface area (Å²) in [4.78, 5) is 14.1. The molecule has 0 bridgehead atoms. The van der Waals surface area contributed by atoms with Crippen molar-refractivity contribution in [3.8, 4) is 11.5 Å². The van der Waals surface area contributed by atoms with Crippen molar-refractivity contribution in [3.05, 3.63) is 29.8 Å². The smallest absolute Gasteiger partial charge is 0.387 e. The van der Waals surface area contributed by atoms with Gasteiger partial charge in [0.25, 0.3) is 0 Å². The van der Waals surface area contributed by atoms with Crippen molar-refractivity contribution in [2.45, 2.75) is 32.4 Å². The van der Waals surface area contributed by atoms with E-state index in [9.17, 15) is 22.4 Å². The molecule has 0 spiro atoms. The molecule has 0 N–H and O–H groups in total. The molecule has 0 aliphatic carbocycles. The molecule has 3 rings (SSSR count). The van der Waals surface area contributed by atoms with Crippen LogP contribution in [0, 0.1) is 5.92 Å². The van der Waals surface area contributed by atoms with Gasteiger partial charge in [-0.3, -0.25) is 4.79 Å². The predicted molar refractivity (Wildman–Crippen MR) is 93.7 cm³/mol. The van der Waals surface area contributed by atoms with E-state index in [2.05, 4.69) is 9.47 Å². The minimum atomic E-state index is -3.15. The molecule has 2 saturated heterocycles. The van der Waals surface area contributed by atoms with Gasteiger partial charge in [-0.25, -0.2) is 0 Å². The van der Waals surface area contributed by atoms with Crippen molar-refractivity contribution in [1.82, 2.24) is 4.90 Å². The normalized spacial score (nSPS) is 18.9. The van der Waals surface area contributed by atoms with Crippen molar-refractivity contribution in [2.75, 3.05) is 26.3 Å². The van der Waals surface area contributed by atoms with Crippen LogP contribution in [0.15, 0.2) is 24.3 Å². The Kier molecular flexibility index (Phi) is 7.32. The topological polar surface area (TPSA) is 57.2 Å². The Hall–Kier alpha value is -2.33. The van der Waals surface area contributed by atoms with Gasteiger partial charge >= 0.3 is 13.2 Å². The molecule has 1 amide bonds. The highest BCUT2D eigenvalue weighted by Crippen LogP contribution is 2.29. The highest BCUT2D eigenvalue weighted by molar-refractivity contribution is 5.92. The zero-order chi connectivity index (χ0) is 20.8. The van der Waals surface area contributed by atoms with Crippen LogP contribution in [0.4, 0.5) is 17.6 Å². The van der Waals surface area contributed by atoms with E-state index in [1.807, 2.05) is 0 Å². The third kappa shape index (κ3) is 6.07. The Bertz CT molecular complexity index is 717. The van der Waals surface area contributed by atoms with E-state index in [-0.39, 0.29) is 35.2 Å². The van der Waals surface area contributed by atoms with Gasteiger partial charge in [0.1, 0.15) is 11.5 Å². The fourth-order valence-corrected chi connectivity index (χ4v) is 3.33. The molecule has 0 unspecified atom stereocenters. The molecular weight excluding hydrogens is 398 g/mol. The molecule has 1 aromatic rings. The maximum atomic E-state index is 12.6. The van der Waals surface area contributed by atoms with Crippen molar-refractivity contribution < 1.29 is 41.3 Å². The summed E-state index contributed by atoms with van der Waals surface area (Å²) in [5.74, 6) is -0.736. The molecular formula is C19H21F4NO5. The van der Waals surface area contributed by atoms with Crippen LogP contribution in [-0.2, 0) is 14.3 Å². The molecule has 0 atom stereocenters. The Balaban J connectivity index is 1.61. The third-order valence-electron chi connectivity index (χ3n) is 4.72. The zero-order valence-corrected chi connectivity index (χ0v) is 15.4. The van der Waals surface area contributed by atoms with Crippen LogP contribution in [0.1, 0.15) is 18.4 Å². The summed E-state index contributed by atoms with van der Waals surface area (Å²) in [7, 11) is 0. The number of nitrogens with zero attached hydrogens (tertiary/aromatic N) is 1. The summed E-state index contributed by atoms with van der Waals surface area (Å²) in [6, 6.07) is 3.37. The highest BCUT2D eigenvalue weighted by Gasteiger charge is 2.31. The van der Waals surface area contributed by atoms with E-state index < -0.39 is 13.2 Å². The average Bonchev–Trinajstić information content (AvgIpc) is 3.21. The monoisotopic (exact) mass is 419 g/mol. The van der Waals surface area contributed by atoms with Crippen LogP contribution in [0.3, 0.4) is 0 Å². The van der Waals surface area contributed by atoms with Crippen LogP contribution in [0.5, 0.6) is 11.5 Å². The fraction of sp³-hybridized carbons (Fsp3) is 0.526. The number of carbonyl (C=O) groups is 1. The van der Waals surface area contributed by atoms with E-state index in [1.165, 1.54) is 24.3 Å². The minimum absolute atomic E-state index is 0.142. The number of amides is 1.